The summed E-state index contributed by atoms with van der Waals surface area (Å²) in [5.41, 5.74) is 1.35. The Kier molecular flexibility index (Phi) is 4.70. The van der Waals surface area contributed by atoms with Crippen molar-refractivity contribution in [1.82, 2.24) is 14.9 Å². The van der Waals surface area contributed by atoms with Gasteiger partial charge in [-0.1, -0.05) is 12.1 Å². The van der Waals surface area contributed by atoms with Crippen LogP contribution in [0.2, 0.25) is 0 Å². The van der Waals surface area contributed by atoms with E-state index in [0.29, 0.717) is 5.56 Å². The highest BCUT2D eigenvalue weighted by atomic mass is 16.5. The third-order valence-corrected chi connectivity index (χ3v) is 3.97. The molecule has 0 saturated heterocycles. The molecule has 3 aromatic rings. The van der Waals surface area contributed by atoms with Gasteiger partial charge in [-0.3, -0.25) is 4.79 Å². The summed E-state index contributed by atoms with van der Waals surface area (Å²) in [5, 5.41) is 12.4. The summed E-state index contributed by atoms with van der Waals surface area (Å²) in [6, 6.07) is 13.2. The Balaban J connectivity index is 1.92. The van der Waals surface area contributed by atoms with E-state index in [-0.39, 0.29) is 11.7 Å². The van der Waals surface area contributed by atoms with Crippen molar-refractivity contribution in [3.05, 3.63) is 77.9 Å². The average molecular weight is 337 g/mol. The first kappa shape index (κ1) is 16.6. The molecule has 0 aliphatic heterocycles. The van der Waals surface area contributed by atoms with Gasteiger partial charge in [-0.05, 0) is 42.0 Å². The fraction of sp³-hybridized carbons (Fsp3) is 0.158. The normalized spacial score (nSPS) is 11.8. The summed E-state index contributed by atoms with van der Waals surface area (Å²) >= 11 is 0. The van der Waals surface area contributed by atoms with Crippen molar-refractivity contribution < 1.29 is 14.6 Å². The van der Waals surface area contributed by atoms with E-state index in [1.807, 2.05) is 42.1 Å². The van der Waals surface area contributed by atoms with Gasteiger partial charge in [0, 0.05) is 25.0 Å². The lowest BCUT2D eigenvalue weighted by molar-refractivity contribution is 0.0941. The molecule has 0 fully saturated rings. The van der Waals surface area contributed by atoms with Gasteiger partial charge in [0.25, 0.3) is 5.91 Å². The molecule has 6 nitrogen and oxygen atoms in total. The highest BCUT2D eigenvalue weighted by molar-refractivity contribution is 5.94. The number of aromatic hydroxyl groups is 1. The minimum absolute atomic E-state index is 0.118. The van der Waals surface area contributed by atoms with Crippen molar-refractivity contribution in [1.29, 1.82) is 0 Å². The molecular formula is C19H19N3O3. The zero-order valence-electron chi connectivity index (χ0n) is 14.0. The van der Waals surface area contributed by atoms with Crippen molar-refractivity contribution in [2.45, 2.75) is 6.04 Å². The molecule has 0 saturated carbocycles. The van der Waals surface area contributed by atoms with Gasteiger partial charge < -0.3 is 19.7 Å². The van der Waals surface area contributed by atoms with Crippen molar-refractivity contribution in [3.8, 4) is 11.5 Å². The van der Waals surface area contributed by atoms with E-state index in [1.54, 1.807) is 25.4 Å². The maximum atomic E-state index is 12.6. The Bertz CT molecular complexity index is 854. The van der Waals surface area contributed by atoms with Crippen LogP contribution in [0.3, 0.4) is 0 Å². The molecule has 0 spiro atoms. The smallest absolute Gasteiger partial charge is 0.252 e. The Morgan fingerprint density at radius 1 is 1.16 bits per heavy atom. The van der Waals surface area contributed by atoms with Crippen LogP contribution in [0, 0.1) is 0 Å². The van der Waals surface area contributed by atoms with Crippen LogP contribution in [0.5, 0.6) is 11.5 Å². The summed E-state index contributed by atoms with van der Waals surface area (Å²) in [7, 11) is 3.49. The van der Waals surface area contributed by atoms with Gasteiger partial charge in [0.15, 0.2) is 0 Å². The molecule has 1 atom stereocenters. The summed E-state index contributed by atoms with van der Waals surface area (Å²) in [5.74, 6) is 1.33. The van der Waals surface area contributed by atoms with Crippen molar-refractivity contribution >= 4 is 5.91 Å². The predicted octanol–water partition coefficient (Wildman–Crippen LogP) is 2.65. The molecule has 128 valence electrons. The van der Waals surface area contributed by atoms with Crippen LogP contribution in [-0.4, -0.2) is 27.7 Å². The predicted molar refractivity (Wildman–Crippen MR) is 93.6 cm³/mol. The van der Waals surface area contributed by atoms with Crippen LogP contribution in [-0.2, 0) is 7.05 Å². The molecule has 25 heavy (non-hydrogen) atoms. The molecule has 1 unspecified atom stereocenters. The summed E-state index contributed by atoms with van der Waals surface area (Å²) in [4.78, 5) is 17.0. The fourth-order valence-electron chi connectivity index (χ4n) is 2.58. The first-order valence-electron chi connectivity index (χ1n) is 7.79. The van der Waals surface area contributed by atoms with Gasteiger partial charge in [0.1, 0.15) is 23.4 Å². The minimum Gasteiger partial charge on any atom is -0.508 e. The number of carbonyl (C=O) groups excluding carboxylic acids is 1. The largest absolute Gasteiger partial charge is 0.508 e. The van der Waals surface area contributed by atoms with E-state index in [0.717, 1.165) is 17.1 Å². The molecule has 1 heterocycles. The molecule has 3 rings (SSSR count). The van der Waals surface area contributed by atoms with Gasteiger partial charge in [0.05, 0.1) is 7.11 Å². The lowest BCUT2D eigenvalue weighted by Gasteiger charge is -2.19. The van der Waals surface area contributed by atoms with Crippen molar-refractivity contribution in [2.75, 3.05) is 7.11 Å². The number of carbonyl (C=O) groups is 1. The molecule has 0 bridgehead atoms. The van der Waals surface area contributed by atoms with Crippen molar-refractivity contribution in [2.24, 2.45) is 7.05 Å². The quantitative estimate of drug-likeness (QED) is 0.750. The van der Waals surface area contributed by atoms with E-state index in [4.69, 9.17) is 4.74 Å². The standard InChI is InChI=1S/C19H19N3O3/c1-22-12-11-20-18(22)17(13-5-9-16(25-2)10-6-13)21-19(24)14-3-7-15(23)8-4-14/h3-12,17,23H,1-2H3,(H,21,24). The molecule has 2 aromatic carbocycles. The molecule has 1 aromatic heterocycles. The number of amides is 1. The number of phenols is 1. The number of ether oxygens (including phenoxy) is 1. The second kappa shape index (κ2) is 7.09. The second-order valence-electron chi connectivity index (χ2n) is 5.62. The highest BCUT2D eigenvalue weighted by Crippen LogP contribution is 2.23. The highest BCUT2D eigenvalue weighted by Gasteiger charge is 2.21. The van der Waals surface area contributed by atoms with Gasteiger partial charge >= 0.3 is 0 Å². The van der Waals surface area contributed by atoms with Gasteiger partial charge in [0.2, 0.25) is 0 Å². The van der Waals surface area contributed by atoms with E-state index < -0.39 is 6.04 Å². The monoisotopic (exact) mass is 337 g/mol. The number of nitrogens with one attached hydrogen (secondary N) is 1. The zero-order valence-corrected chi connectivity index (χ0v) is 14.0. The molecule has 2 N–H and O–H groups in total. The fourth-order valence-corrected chi connectivity index (χ4v) is 2.58. The van der Waals surface area contributed by atoms with Gasteiger partial charge in [-0.25, -0.2) is 4.98 Å². The number of hydrogen-bond acceptors (Lipinski definition) is 4. The lowest BCUT2D eigenvalue weighted by Crippen LogP contribution is -2.31. The van der Waals surface area contributed by atoms with Crippen LogP contribution in [0.15, 0.2) is 60.9 Å². The maximum absolute atomic E-state index is 12.6. The van der Waals surface area contributed by atoms with Gasteiger partial charge in [-0.2, -0.15) is 0 Å². The number of rotatable bonds is 5. The lowest BCUT2D eigenvalue weighted by atomic mass is 10.0. The number of imidazole rings is 1. The summed E-state index contributed by atoms with van der Waals surface area (Å²) < 4.78 is 7.06. The molecule has 6 heteroatoms. The van der Waals surface area contributed by atoms with E-state index >= 15 is 0 Å². The number of methoxy groups -OCH3 is 1. The molecule has 0 aliphatic carbocycles. The third kappa shape index (κ3) is 3.63. The van der Waals surface area contributed by atoms with E-state index in [9.17, 15) is 9.90 Å². The van der Waals surface area contributed by atoms with Crippen LogP contribution in [0.4, 0.5) is 0 Å². The Morgan fingerprint density at radius 2 is 1.84 bits per heavy atom. The molecule has 0 aliphatic rings. The number of benzene rings is 2. The molecule has 1 amide bonds. The number of hydrogen-bond donors (Lipinski definition) is 2. The summed E-state index contributed by atoms with van der Waals surface area (Å²) in [6.07, 6.45) is 3.52. The first-order valence-corrected chi connectivity index (χ1v) is 7.79. The number of phenolic OH excluding ortho intramolecular Hbond substituents is 1. The maximum Gasteiger partial charge on any atom is 0.252 e. The Morgan fingerprint density at radius 3 is 2.40 bits per heavy atom. The Labute approximate surface area is 145 Å². The number of aromatic nitrogens is 2. The number of aryl methyl sites for hydroxylation is 1. The van der Waals surface area contributed by atoms with Crippen LogP contribution >= 0.6 is 0 Å². The summed E-state index contributed by atoms with van der Waals surface area (Å²) in [6.45, 7) is 0. The van der Waals surface area contributed by atoms with Crippen molar-refractivity contribution in [3.63, 3.8) is 0 Å². The first-order chi connectivity index (χ1) is 12.1. The minimum atomic E-state index is -0.410. The van der Waals surface area contributed by atoms with Gasteiger partial charge in [-0.15, -0.1) is 0 Å². The average Bonchev–Trinajstić information content (AvgIpc) is 3.06. The van der Waals surface area contributed by atoms with Crippen LogP contribution < -0.4 is 10.1 Å². The van der Waals surface area contributed by atoms with Crippen LogP contribution in [0.1, 0.15) is 27.8 Å². The Hall–Kier alpha value is -3.28. The second-order valence-corrected chi connectivity index (χ2v) is 5.62. The van der Waals surface area contributed by atoms with E-state index in [1.165, 1.54) is 12.1 Å². The molecule has 0 radical (unpaired) electrons. The topological polar surface area (TPSA) is 76.4 Å². The SMILES string of the molecule is COc1ccc(C(NC(=O)c2ccc(O)cc2)c2nccn2C)cc1. The molecular weight excluding hydrogens is 318 g/mol. The van der Waals surface area contributed by atoms with E-state index in [2.05, 4.69) is 10.3 Å². The van der Waals surface area contributed by atoms with Crippen LogP contribution in [0.25, 0.3) is 0 Å². The third-order valence-electron chi connectivity index (χ3n) is 3.97. The zero-order chi connectivity index (χ0) is 17.8. The number of nitrogens with zero attached hydrogens (tertiary/aromatic N) is 2.